The standard InChI is InChI=1S/C13H25N3O2/c1-4-5-6-18-11-13(17)10-15(2)8-12-7-14-16(3)9-12/h7,9,13,17H,4-6,8,10-11H2,1-3H3. The lowest BCUT2D eigenvalue weighted by atomic mass is 10.3. The van der Waals surface area contributed by atoms with Gasteiger partial charge in [-0.05, 0) is 13.5 Å². The maximum atomic E-state index is 9.81. The zero-order valence-corrected chi connectivity index (χ0v) is 11.7. The summed E-state index contributed by atoms with van der Waals surface area (Å²) >= 11 is 0. The van der Waals surface area contributed by atoms with Gasteiger partial charge < -0.3 is 9.84 Å². The predicted molar refractivity (Wildman–Crippen MR) is 71.3 cm³/mol. The van der Waals surface area contributed by atoms with Crippen molar-refractivity contribution in [3.63, 3.8) is 0 Å². The van der Waals surface area contributed by atoms with E-state index in [1.165, 1.54) is 0 Å². The molecule has 18 heavy (non-hydrogen) atoms. The molecule has 0 aliphatic rings. The molecule has 1 unspecified atom stereocenters. The van der Waals surface area contributed by atoms with Gasteiger partial charge in [-0.1, -0.05) is 13.3 Å². The normalized spacial score (nSPS) is 13.2. The minimum absolute atomic E-state index is 0.414. The average Bonchev–Trinajstić information content (AvgIpc) is 2.70. The molecule has 5 heteroatoms. The third-order valence-electron chi connectivity index (χ3n) is 2.69. The van der Waals surface area contributed by atoms with Gasteiger partial charge in [-0.25, -0.2) is 0 Å². The number of rotatable bonds is 9. The van der Waals surface area contributed by atoms with Crippen LogP contribution in [0.4, 0.5) is 0 Å². The smallest absolute Gasteiger partial charge is 0.0900 e. The van der Waals surface area contributed by atoms with Gasteiger partial charge >= 0.3 is 0 Å². The molecule has 0 bridgehead atoms. The number of aliphatic hydroxyl groups excluding tert-OH is 1. The number of likely N-dealkylation sites (N-methyl/N-ethyl adjacent to an activating group) is 1. The molecular weight excluding hydrogens is 230 g/mol. The number of unbranched alkanes of at least 4 members (excludes halogenated alkanes) is 1. The van der Waals surface area contributed by atoms with E-state index in [2.05, 4.69) is 16.9 Å². The average molecular weight is 255 g/mol. The van der Waals surface area contributed by atoms with E-state index in [0.717, 1.165) is 31.6 Å². The molecule has 0 aromatic carbocycles. The van der Waals surface area contributed by atoms with Gasteiger partial charge in [0.25, 0.3) is 0 Å². The van der Waals surface area contributed by atoms with Crippen molar-refractivity contribution in [1.29, 1.82) is 0 Å². The summed E-state index contributed by atoms with van der Waals surface area (Å²) in [7, 11) is 3.89. The molecule has 0 spiro atoms. The second kappa shape index (κ2) is 8.24. The van der Waals surface area contributed by atoms with E-state index in [1.807, 2.05) is 26.5 Å². The number of nitrogens with zero attached hydrogens (tertiary/aromatic N) is 3. The lowest BCUT2D eigenvalue weighted by Crippen LogP contribution is -2.31. The molecule has 1 aromatic rings. The van der Waals surface area contributed by atoms with Gasteiger partial charge in [0.2, 0.25) is 0 Å². The minimum Gasteiger partial charge on any atom is -0.389 e. The monoisotopic (exact) mass is 255 g/mol. The van der Waals surface area contributed by atoms with Crippen LogP contribution in [0.15, 0.2) is 12.4 Å². The Bertz CT molecular complexity index is 328. The molecule has 0 aliphatic carbocycles. The first-order valence-electron chi connectivity index (χ1n) is 6.53. The summed E-state index contributed by atoms with van der Waals surface area (Å²) in [6.07, 6.45) is 5.58. The van der Waals surface area contributed by atoms with Crippen LogP contribution in [0.1, 0.15) is 25.3 Å². The molecule has 0 fully saturated rings. The minimum atomic E-state index is -0.427. The van der Waals surface area contributed by atoms with E-state index in [-0.39, 0.29) is 0 Å². The zero-order chi connectivity index (χ0) is 13.4. The van der Waals surface area contributed by atoms with Crippen molar-refractivity contribution in [1.82, 2.24) is 14.7 Å². The number of aryl methyl sites for hydroxylation is 1. The summed E-state index contributed by atoms with van der Waals surface area (Å²) in [5, 5.41) is 13.9. The highest BCUT2D eigenvalue weighted by Crippen LogP contribution is 2.02. The predicted octanol–water partition coefficient (Wildman–Crippen LogP) is 1.03. The maximum absolute atomic E-state index is 9.81. The summed E-state index contributed by atoms with van der Waals surface area (Å²) in [4.78, 5) is 2.07. The Morgan fingerprint density at radius 2 is 2.33 bits per heavy atom. The maximum Gasteiger partial charge on any atom is 0.0900 e. The molecule has 0 amide bonds. The fraction of sp³-hybridized carbons (Fsp3) is 0.769. The van der Waals surface area contributed by atoms with Crippen molar-refractivity contribution < 1.29 is 9.84 Å². The summed E-state index contributed by atoms with van der Waals surface area (Å²) < 4.78 is 7.18. The van der Waals surface area contributed by atoms with Gasteiger partial charge in [0, 0.05) is 38.5 Å². The third-order valence-corrected chi connectivity index (χ3v) is 2.69. The number of ether oxygens (including phenoxy) is 1. The van der Waals surface area contributed by atoms with E-state index in [9.17, 15) is 5.11 Å². The van der Waals surface area contributed by atoms with E-state index >= 15 is 0 Å². The fourth-order valence-corrected chi connectivity index (χ4v) is 1.81. The van der Waals surface area contributed by atoms with Crippen LogP contribution in [-0.4, -0.2) is 52.7 Å². The highest BCUT2D eigenvalue weighted by atomic mass is 16.5. The highest BCUT2D eigenvalue weighted by molar-refractivity contribution is 5.02. The molecule has 1 N–H and O–H groups in total. The van der Waals surface area contributed by atoms with Gasteiger partial charge in [0.1, 0.15) is 0 Å². The molecule has 0 radical (unpaired) electrons. The Balaban J connectivity index is 2.16. The molecule has 0 saturated heterocycles. The molecule has 1 rings (SSSR count). The van der Waals surface area contributed by atoms with E-state index < -0.39 is 6.10 Å². The second-order valence-corrected chi connectivity index (χ2v) is 4.80. The van der Waals surface area contributed by atoms with Crippen LogP contribution in [0.3, 0.4) is 0 Å². The number of aromatic nitrogens is 2. The molecule has 104 valence electrons. The summed E-state index contributed by atoms with van der Waals surface area (Å²) in [5.41, 5.74) is 1.15. The Morgan fingerprint density at radius 1 is 1.56 bits per heavy atom. The van der Waals surface area contributed by atoms with Gasteiger partial charge in [0.15, 0.2) is 0 Å². The number of aliphatic hydroxyl groups is 1. The van der Waals surface area contributed by atoms with Crippen molar-refractivity contribution in [2.45, 2.75) is 32.4 Å². The first-order valence-corrected chi connectivity index (χ1v) is 6.53. The largest absolute Gasteiger partial charge is 0.389 e. The van der Waals surface area contributed by atoms with Gasteiger partial charge in [-0.2, -0.15) is 5.10 Å². The van der Waals surface area contributed by atoms with Crippen LogP contribution >= 0.6 is 0 Å². The lowest BCUT2D eigenvalue weighted by Gasteiger charge is -2.19. The van der Waals surface area contributed by atoms with Crippen molar-refractivity contribution in [2.24, 2.45) is 7.05 Å². The van der Waals surface area contributed by atoms with E-state index in [4.69, 9.17) is 4.74 Å². The van der Waals surface area contributed by atoms with Crippen molar-refractivity contribution >= 4 is 0 Å². The van der Waals surface area contributed by atoms with Crippen LogP contribution in [0, 0.1) is 0 Å². The third kappa shape index (κ3) is 6.14. The molecular formula is C13H25N3O2. The SMILES string of the molecule is CCCCOCC(O)CN(C)Cc1cnn(C)c1. The first kappa shape index (κ1) is 15.1. The van der Waals surface area contributed by atoms with E-state index in [0.29, 0.717) is 13.2 Å². The molecule has 1 atom stereocenters. The van der Waals surface area contributed by atoms with Crippen molar-refractivity contribution in [2.75, 3.05) is 26.8 Å². The molecule has 1 aromatic heterocycles. The van der Waals surface area contributed by atoms with Crippen LogP contribution in [0.25, 0.3) is 0 Å². The van der Waals surface area contributed by atoms with Crippen LogP contribution in [0.5, 0.6) is 0 Å². The number of hydrogen-bond acceptors (Lipinski definition) is 4. The molecule has 5 nitrogen and oxygen atoms in total. The fourth-order valence-electron chi connectivity index (χ4n) is 1.81. The number of hydrogen-bond donors (Lipinski definition) is 1. The Kier molecular flexibility index (Phi) is 6.93. The first-order chi connectivity index (χ1) is 8.61. The highest BCUT2D eigenvalue weighted by Gasteiger charge is 2.09. The Morgan fingerprint density at radius 3 is 2.94 bits per heavy atom. The Hall–Kier alpha value is -0.910. The van der Waals surface area contributed by atoms with Crippen LogP contribution in [-0.2, 0) is 18.3 Å². The summed E-state index contributed by atoms with van der Waals surface area (Å²) in [5.74, 6) is 0. The van der Waals surface area contributed by atoms with Crippen molar-refractivity contribution in [3.05, 3.63) is 18.0 Å². The van der Waals surface area contributed by atoms with Gasteiger partial charge in [-0.15, -0.1) is 0 Å². The quantitative estimate of drug-likeness (QED) is 0.670. The zero-order valence-electron chi connectivity index (χ0n) is 11.7. The molecule has 1 heterocycles. The summed E-state index contributed by atoms with van der Waals surface area (Å²) in [6, 6.07) is 0. The topological polar surface area (TPSA) is 50.5 Å². The van der Waals surface area contributed by atoms with Crippen molar-refractivity contribution in [3.8, 4) is 0 Å². The molecule has 0 saturated carbocycles. The summed E-state index contributed by atoms with van der Waals surface area (Å²) in [6.45, 7) is 4.68. The van der Waals surface area contributed by atoms with E-state index in [1.54, 1.807) is 4.68 Å². The molecule has 0 aliphatic heterocycles. The van der Waals surface area contributed by atoms with Gasteiger partial charge in [-0.3, -0.25) is 9.58 Å². The lowest BCUT2D eigenvalue weighted by molar-refractivity contribution is 0.0188. The van der Waals surface area contributed by atoms with Crippen LogP contribution < -0.4 is 0 Å². The van der Waals surface area contributed by atoms with Gasteiger partial charge in [0.05, 0.1) is 18.9 Å². The Labute approximate surface area is 109 Å². The van der Waals surface area contributed by atoms with Crippen LogP contribution in [0.2, 0.25) is 0 Å². The second-order valence-electron chi connectivity index (χ2n) is 4.80.